The predicted octanol–water partition coefficient (Wildman–Crippen LogP) is 13.3. The van der Waals surface area contributed by atoms with Crippen molar-refractivity contribution in [3.8, 4) is 44.5 Å². The molecule has 0 unspecified atom stereocenters. The number of morpholine rings is 1. The minimum atomic E-state index is -0.348. The van der Waals surface area contributed by atoms with Crippen molar-refractivity contribution >= 4 is 142 Å². The molecule has 142 heavy (non-hydrogen) atoms. The van der Waals surface area contributed by atoms with E-state index < -0.39 is 0 Å². The maximum absolute atomic E-state index is 13.1. The molecule has 2 aliphatic rings. The van der Waals surface area contributed by atoms with Crippen LogP contribution in [0.25, 0.3) is 88.1 Å². The Kier molecular flexibility index (Phi) is 33.5. The molecule has 18 rings (SSSR count). The molecular weight excluding hydrogens is 1800 g/mol. The number of likely N-dealkylation sites (N-methyl/N-ethyl adjacent to an activating group) is 4. The van der Waals surface area contributed by atoms with Crippen molar-refractivity contribution in [1.29, 1.82) is 0 Å². The number of carbonyl (C=O) groups is 6. The first-order valence-corrected chi connectivity index (χ1v) is 46.4. The molecule has 1 saturated carbocycles. The van der Waals surface area contributed by atoms with Gasteiger partial charge in [0.05, 0.1) is 118 Å². The topological polar surface area (TPSA) is 472 Å². The van der Waals surface area contributed by atoms with Crippen LogP contribution in [-0.4, -0.2) is 309 Å². The van der Waals surface area contributed by atoms with Crippen LogP contribution in [0, 0.1) is 5.92 Å². The number of H-pyrrole nitrogens is 4. The number of aromatic nitrogens is 16. The number of aromatic amines is 4. The van der Waals surface area contributed by atoms with Crippen molar-refractivity contribution in [3.63, 3.8) is 0 Å². The lowest BCUT2D eigenvalue weighted by Gasteiger charge is -2.28. The number of hydrogen-bond acceptors (Lipinski definition) is 29. The van der Waals surface area contributed by atoms with E-state index >= 15 is 0 Å². The SMILES string of the molecule is CN(C)CCNc1ccc(NC(=O)c2n[nH]c3ccc(-c4cncc(CN(C)C)c4)cc23)cn1.CN(C)CCNc1ccc(NC(=O)c2n[nH]c3ccc(-c4cncc(N5CCOCC5)c4)cc23)cn1.CN(C)CCNc1ccc(NC(=O)c2n[nH]c3ccc(-c4cncc(NC(=O)C5CC5)c4)cc23)cn1.CN(C)CCNc1ccc(NC(=O)c2n[nH]c3ccc(-c4cncc(NC(=O)N(C)C)c4)cc23)cn1. The molecule has 1 saturated heterocycles. The molecular formula is C102H117N33O7. The number of anilines is 11. The Bertz CT molecular complexity index is 6810. The Morgan fingerprint density at radius 3 is 0.972 bits per heavy atom. The number of carbonyl (C=O) groups excluding carboxylic acids is 6. The van der Waals surface area contributed by atoms with Gasteiger partial charge in [0.25, 0.3) is 23.6 Å². The first kappa shape index (κ1) is 99.8. The highest BCUT2D eigenvalue weighted by Crippen LogP contribution is 2.35. The fraction of sp³-hybridized carbons (Fsp3) is 0.275. The van der Waals surface area contributed by atoms with Crippen molar-refractivity contribution in [2.75, 3.05) is 221 Å². The Morgan fingerprint density at radius 2 is 0.655 bits per heavy atom. The molecule has 1 aliphatic carbocycles. The van der Waals surface area contributed by atoms with E-state index in [0.717, 1.165) is 210 Å². The zero-order valence-corrected chi connectivity index (χ0v) is 81.3. The third-order valence-electron chi connectivity index (χ3n) is 22.7. The lowest BCUT2D eigenvalue weighted by Crippen LogP contribution is -2.36. The first-order chi connectivity index (χ1) is 68.7. The third-order valence-corrected chi connectivity index (χ3v) is 22.7. The fourth-order valence-corrected chi connectivity index (χ4v) is 15.0. The summed E-state index contributed by atoms with van der Waals surface area (Å²) in [6.45, 7) is 10.7. The number of nitrogens with one attached hydrogen (secondary N) is 14. The van der Waals surface area contributed by atoms with Crippen LogP contribution in [0.3, 0.4) is 0 Å². The average Bonchev–Trinajstić information content (AvgIpc) is 1.64. The molecule has 12 aromatic heterocycles. The normalized spacial score (nSPS) is 12.3. The lowest BCUT2D eigenvalue weighted by atomic mass is 10.0. The molecule has 0 radical (unpaired) electrons. The summed E-state index contributed by atoms with van der Waals surface area (Å²) in [5, 5.41) is 61.8. The molecule has 0 bridgehead atoms. The first-order valence-electron chi connectivity index (χ1n) is 46.4. The summed E-state index contributed by atoms with van der Waals surface area (Å²) < 4.78 is 5.46. The number of rotatable bonds is 34. The zero-order valence-electron chi connectivity index (χ0n) is 81.3. The number of nitrogens with zero attached hydrogens (tertiary/aromatic N) is 19. The molecule has 2 fully saturated rings. The number of ether oxygens (including phenoxy) is 1. The van der Waals surface area contributed by atoms with Crippen LogP contribution in [0.2, 0.25) is 0 Å². The highest BCUT2D eigenvalue weighted by Gasteiger charge is 2.30. The van der Waals surface area contributed by atoms with Crippen molar-refractivity contribution in [3.05, 3.63) is 248 Å². The van der Waals surface area contributed by atoms with E-state index in [2.05, 4.69) is 175 Å². The van der Waals surface area contributed by atoms with Crippen molar-refractivity contribution in [2.45, 2.75) is 19.4 Å². The second-order valence-corrected chi connectivity index (χ2v) is 35.7. The van der Waals surface area contributed by atoms with Gasteiger partial charge in [-0.2, -0.15) is 20.4 Å². The summed E-state index contributed by atoms with van der Waals surface area (Å²) in [6, 6.07) is 45.5. The number of benzene rings is 4. The van der Waals surface area contributed by atoms with Gasteiger partial charge in [-0.05, 0) is 232 Å². The van der Waals surface area contributed by atoms with E-state index in [1.807, 2.05) is 217 Å². The van der Waals surface area contributed by atoms with Gasteiger partial charge < -0.3 is 92.2 Å². The molecule has 0 atom stereocenters. The van der Waals surface area contributed by atoms with Crippen LogP contribution in [0.15, 0.2) is 220 Å². The highest BCUT2D eigenvalue weighted by atomic mass is 16.5. The average molecular weight is 1920 g/mol. The summed E-state index contributed by atoms with van der Waals surface area (Å²) in [7, 11) is 23.5. The fourth-order valence-electron chi connectivity index (χ4n) is 15.0. The largest absolute Gasteiger partial charge is 0.378 e. The van der Waals surface area contributed by atoms with Crippen LogP contribution in [0.1, 0.15) is 60.4 Å². The van der Waals surface area contributed by atoms with E-state index in [0.29, 0.717) is 56.3 Å². The quantitative estimate of drug-likeness (QED) is 0.0178. The molecule has 13 heterocycles. The Hall–Kier alpha value is -16.7. The Balaban J connectivity index is 0.000000143. The lowest BCUT2D eigenvalue weighted by molar-refractivity contribution is -0.117. The van der Waals surface area contributed by atoms with E-state index in [-0.39, 0.29) is 52.9 Å². The van der Waals surface area contributed by atoms with Gasteiger partial charge in [-0.25, -0.2) is 24.7 Å². The minimum absolute atomic E-state index is 0.0325. The van der Waals surface area contributed by atoms with E-state index in [4.69, 9.17) is 4.74 Å². The van der Waals surface area contributed by atoms with E-state index in [1.165, 1.54) is 4.90 Å². The van der Waals surface area contributed by atoms with Crippen LogP contribution in [0.4, 0.5) is 67.9 Å². The highest BCUT2D eigenvalue weighted by molar-refractivity contribution is 6.15. The molecule has 732 valence electrons. The van der Waals surface area contributed by atoms with Gasteiger partial charge in [-0.3, -0.25) is 64.3 Å². The molecule has 40 heteroatoms. The smallest absolute Gasteiger partial charge is 0.321 e. The number of urea groups is 1. The summed E-state index contributed by atoms with van der Waals surface area (Å²) in [6.07, 6.45) is 22.4. The second kappa shape index (κ2) is 47.6. The van der Waals surface area contributed by atoms with Crippen LogP contribution >= 0.6 is 0 Å². The molecule has 1 aliphatic heterocycles. The van der Waals surface area contributed by atoms with E-state index in [9.17, 15) is 28.8 Å². The number of amides is 7. The van der Waals surface area contributed by atoms with Crippen molar-refractivity contribution in [1.82, 2.24) is 110 Å². The van der Waals surface area contributed by atoms with Crippen LogP contribution < -0.4 is 58.1 Å². The van der Waals surface area contributed by atoms with E-state index in [1.54, 1.807) is 75.8 Å². The van der Waals surface area contributed by atoms with Crippen molar-refractivity contribution in [2.24, 2.45) is 5.92 Å². The Morgan fingerprint density at radius 1 is 0.331 bits per heavy atom. The van der Waals surface area contributed by atoms with Gasteiger partial charge in [0.1, 0.15) is 23.3 Å². The maximum Gasteiger partial charge on any atom is 0.321 e. The van der Waals surface area contributed by atoms with Gasteiger partial charge >= 0.3 is 6.03 Å². The second-order valence-electron chi connectivity index (χ2n) is 35.7. The van der Waals surface area contributed by atoms with Crippen LogP contribution in [-0.2, 0) is 16.1 Å². The van der Waals surface area contributed by atoms with Crippen molar-refractivity contribution < 1.29 is 33.5 Å². The number of fused-ring (bicyclic) bond motifs is 4. The minimum Gasteiger partial charge on any atom is -0.378 e. The van der Waals surface area contributed by atoms with Gasteiger partial charge in [0, 0.05) is 167 Å². The van der Waals surface area contributed by atoms with Crippen LogP contribution in [0.5, 0.6) is 0 Å². The van der Waals surface area contributed by atoms with Gasteiger partial charge in [0.2, 0.25) is 5.91 Å². The number of hydrogen-bond donors (Lipinski definition) is 14. The molecule has 40 nitrogen and oxygen atoms in total. The monoisotopic (exact) mass is 1920 g/mol. The summed E-state index contributed by atoms with van der Waals surface area (Å²) in [5.41, 5.74) is 17.3. The molecule has 0 spiro atoms. The standard InChI is InChI=1S/C26H30N8O2.C26H28N8O2.C25H29N9O2.C25H30N8O/c1-33(2)8-7-28-24-6-4-20(16-29-24)30-26(35)25-22-14-18(3-5-23(22)31-32-25)19-13-21(17-27-15-19)34-9-11-36-12-10-34;1-34(2)10-9-28-23-8-6-19(15-29-23)30-26(36)24-21-12-17(5-7-22(21)32-33-24)18-11-20(14-27-13-18)31-25(35)16-3-4-16;1-33(2)10-9-27-22-8-6-18(15-28-22)29-24(35)23-20-12-16(5-7-21(20)31-32-23)17-11-19(14-26-13-17)30-25(36)34(3)4;1-32(2)10-9-27-23-8-6-20(15-28-23)29-25(34)24-21-12-18(5-7-22(21)30-31-24)19-11-17(13-26-14-19)16-33(3)4/h3-6,13-17H,7-12H2,1-2H3,(H,28,29)(H,30,35)(H,31,32);5-8,11-16H,3-4,9-10H2,1-2H3,(H,28,29)(H,30,36)(H,31,35)(H,32,33);5-8,11-15H,9-10H2,1-4H3,(H,27,28)(H,29,35)(H,30,36)(H,31,32);5-8,11-15H,9-10,16H2,1-4H3,(H,27,28)(H,29,34)(H,30,31). The molecule has 14 N–H and O–H groups in total. The Labute approximate surface area is 820 Å². The predicted molar refractivity (Wildman–Crippen MR) is 559 cm³/mol. The van der Waals surface area contributed by atoms with Gasteiger partial charge in [-0.1, -0.05) is 24.3 Å². The zero-order chi connectivity index (χ0) is 99.7. The molecule has 16 aromatic rings. The maximum atomic E-state index is 13.1. The molecule has 7 amide bonds. The summed E-state index contributed by atoms with van der Waals surface area (Å²) >= 11 is 0. The van der Waals surface area contributed by atoms with Gasteiger partial charge in [-0.15, -0.1) is 0 Å². The summed E-state index contributed by atoms with van der Waals surface area (Å²) in [5.74, 6) is 1.88. The number of pyridine rings is 8. The third kappa shape index (κ3) is 27.7. The molecule has 4 aromatic carbocycles. The summed E-state index contributed by atoms with van der Waals surface area (Å²) in [4.78, 5) is 125. The van der Waals surface area contributed by atoms with Gasteiger partial charge in [0.15, 0.2) is 22.8 Å².